The van der Waals surface area contributed by atoms with E-state index in [1.807, 2.05) is 0 Å². The van der Waals surface area contributed by atoms with Crippen molar-refractivity contribution in [3.63, 3.8) is 0 Å². The number of methoxy groups -OCH3 is 1. The minimum Gasteiger partial charge on any atom is -0.494 e. The van der Waals surface area contributed by atoms with Gasteiger partial charge in [-0.25, -0.2) is 4.39 Å². The first-order valence-electron chi connectivity index (χ1n) is 6.34. The highest BCUT2D eigenvalue weighted by atomic mass is 19.1. The van der Waals surface area contributed by atoms with Crippen LogP contribution < -0.4 is 10.1 Å². The van der Waals surface area contributed by atoms with Gasteiger partial charge in [0.05, 0.1) is 19.1 Å². The molecular formula is C14H16FNO4. The van der Waals surface area contributed by atoms with Gasteiger partial charge in [-0.1, -0.05) is 0 Å². The second kappa shape index (κ2) is 5.48. The molecule has 0 atom stereocenters. The van der Waals surface area contributed by atoms with Crippen molar-refractivity contribution < 1.29 is 23.8 Å². The molecular weight excluding hydrogens is 265 g/mol. The van der Waals surface area contributed by atoms with Crippen LogP contribution in [0.2, 0.25) is 0 Å². The Labute approximate surface area is 115 Å². The smallest absolute Gasteiger partial charge is 0.305 e. The van der Waals surface area contributed by atoms with Crippen LogP contribution in [0, 0.1) is 5.82 Å². The van der Waals surface area contributed by atoms with Gasteiger partial charge in [-0.15, -0.1) is 0 Å². The van der Waals surface area contributed by atoms with Gasteiger partial charge in [-0.3, -0.25) is 9.59 Å². The van der Waals surface area contributed by atoms with E-state index in [1.54, 1.807) is 0 Å². The highest BCUT2D eigenvalue weighted by molar-refractivity contribution is 5.95. The fourth-order valence-corrected chi connectivity index (χ4v) is 2.36. The summed E-state index contributed by atoms with van der Waals surface area (Å²) in [6, 6.07) is 3.90. The number of benzene rings is 1. The minimum atomic E-state index is -0.953. The summed E-state index contributed by atoms with van der Waals surface area (Å²) in [6.45, 7) is 0. The van der Waals surface area contributed by atoms with Crippen molar-refractivity contribution in [2.75, 3.05) is 7.11 Å². The van der Waals surface area contributed by atoms with Crippen LogP contribution in [0.3, 0.4) is 0 Å². The van der Waals surface area contributed by atoms with Gasteiger partial charge >= 0.3 is 5.97 Å². The summed E-state index contributed by atoms with van der Waals surface area (Å²) in [5.41, 5.74) is -0.542. The van der Waals surface area contributed by atoms with Gasteiger partial charge in [0, 0.05) is 5.56 Å². The predicted octanol–water partition coefficient (Wildman–Crippen LogP) is 1.96. The van der Waals surface area contributed by atoms with Crippen LogP contribution in [-0.4, -0.2) is 29.6 Å². The number of carboxylic acids is 1. The first-order chi connectivity index (χ1) is 9.46. The molecule has 2 rings (SSSR count). The van der Waals surface area contributed by atoms with Crippen LogP contribution >= 0.6 is 0 Å². The van der Waals surface area contributed by atoms with E-state index in [0.29, 0.717) is 12.8 Å². The third kappa shape index (κ3) is 2.89. The normalized spacial score (nSPS) is 16.1. The zero-order valence-electron chi connectivity index (χ0n) is 11.1. The summed E-state index contributed by atoms with van der Waals surface area (Å²) < 4.78 is 18.3. The number of ether oxygens (including phenoxy) is 1. The van der Waals surface area contributed by atoms with Crippen LogP contribution in [0.4, 0.5) is 4.39 Å². The van der Waals surface area contributed by atoms with E-state index in [9.17, 15) is 14.0 Å². The lowest BCUT2D eigenvalue weighted by atomic mass is 9.74. The lowest BCUT2D eigenvalue weighted by Gasteiger charge is -2.41. The molecule has 1 aromatic carbocycles. The van der Waals surface area contributed by atoms with Crippen LogP contribution in [0.1, 0.15) is 36.0 Å². The van der Waals surface area contributed by atoms with Crippen molar-refractivity contribution in [2.45, 2.75) is 31.2 Å². The van der Waals surface area contributed by atoms with Gasteiger partial charge in [0.25, 0.3) is 5.91 Å². The molecule has 0 aromatic heterocycles. The summed E-state index contributed by atoms with van der Waals surface area (Å²) in [7, 11) is 1.34. The molecule has 2 N–H and O–H groups in total. The number of nitrogens with one attached hydrogen (secondary N) is 1. The number of aliphatic carboxylic acids is 1. The lowest BCUT2D eigenvalue weighted by Crippen LogP contribution is -2.54. The van der Waals surface area contributed by atoms with Gasteiger partial charge < -0.3 is 15.2 Å². The highest BCUT2D eigenvalue weighted by Crippen LogP contribution is 2.35. The third-order valence-corrected chi connectivity index (χ3v) is 3.59. The van der Waals surface area contributed by atoms with E-state index < -0.39 is 23.2 Å². The maximum atomic E-state index is 13.6. The zero-order valence-corrected chi connectivity index (χ0v) is 11.1. The van der Waals surface area contributed by atoms with Crippen molar-refractivity contribution in [1.29, 1.82) is 0 Å². The van der Waals surface area contributed by atoms with Crippen molar-refractivity contribution in [3.8, 4) is 5.75 Å². The van der Waals surface area contributed by atoms with Gasteiger partial charge in [0.15, 0.2) is 11.6 Å². The highest BCUT2D eigenvalue weighted by Gasteiger charge is 2.40. The zero-order chi connectivity index (χ0) is 14.8. The number of carbonyl (C=O) groups excluding carboxylic acids is 1. The third-order valence-electron chi connectivity index (χ3n) is 3.59. The van der Waals surface area contributed by atoms with Crippen molar-refractivity contribution in [3.05, 3.63) is 29.6 Å². The first kappa shape index (κ1) is 14.3. The maximum absolute atomic E-state index is 13.6. The summed E-state index contributed by atoms with van der Waals surface area (Å²) >= 11 is 0. The largest absolute Gasteiger partial charge is 0.494 e. The molecule has 1 fully saturated rings. The SMILES string of the molecule is COc1ccc(C(=O)NC2(CC(=O)O)CCC2)cc1F. The summed E-state index contributed by atoms with van der Waals surface area (Å²) in [6.07, 6.45) is 2.02. The maximum Gasteiger partial charge on any atom is 0.305 e. The van der Waals surface area contributed by atoms with Crippen LogP contribution in [0.25, 0.3) is 0 Å². The molecule has 1 aromatic rings. The van der Waals surface area contributed by atoms with Crippen molar-refractivity contribution in [2.24, 2.45) is 0 Å². The quantitative estimate of drug-likeness (QED) is 0.865. The predicted molar refractivity (Wildman–Crippen MR) is 69.3 cm³/mol. The Bertz CT molecular complexity index is 540. The molecule has 1 amide bonds. The van der Waals surface area contributed by atoms with E-state index in [2.05, 4.69) is 5.32 Å². The van der Waals surface area contributed by atoms with E-state index in [-0.39, 0.29) is 17.7 Å². The summed E-state index contributed by atoms with van der Waals surface area (Å²) in [5.74, 6) is -1.98. The molecule has 20 heavy (non-hydrogen) atoms. The molecule has 0 radical (unpaired) electrons. The summed E-state index contributed by atoms with van der Waals surface area (Å²) in [4.78, 5) is 22.9. The number of rotatable bonds is 5. The Hall–Kier alpha value is -2.11. The van der Waals surface area contributed by atoms with Crippen LogP contribution in [0.15, 0.2) is 18.2 Å². The molecule has 0 heterocycles. The van der Waals surface area contributed by atoms with Gasteiger partial charge in [0.1, 0.15) is 0 Å². The topological polar surface area (TPSA) is 75.6 Å². The molecule has 5 nitrogen and oxygen atoms in total. The average Bonchev–Trinajstić information content (AvgIpc) is 2.35. The Morgan fingerprint density at radius 3 is 2.60 bits per heavy atom. The number of amides is 1. The molecule has 1 aliphatic rings. The fourth-order valence-electron chi connectivity index (χ4n) is 2.36. The number of hydrogen-bond donors (Lipinski definition) is 2. The van der Waals surface area contributed by atoms with Crippen molar-refractivity contribution >= 4 is 11.9 Å². The fraction of sp³-hybridized carbons (Fsp3) is 0.429. The van der Waals surface area contributed by atoms with Gasteiger partial charge in [-0.05, 0) is 37.5 Å². The standard InChI is InChI=1S/C14H16FNO4/c1-20-11-4-3-9(7-10(11)15)13(19)16-14(5-2-6-14)8-12(17)18/h3-4,7H,2,5-6,8H2,1H3,(H,16,19)(H,17,18). The van der Waals surface area contributed by atoms with E-state index in [0.717, 1.165) is 12.5 Å². The van der Waals surface area contributed by atoms with Gasteiger partial charge in [-0.2, -0.15) is 0 Å². The first-order valence-corrected chi connectivity index (χ1v) is 6.34. The molecule has 6 heteroatoms. The second-order valence-electron chi connectivity index (χ2n) is 5.01. The lowest BCUT2D eigenvalue weighted by molar-refractivity contribution is -0.139. The minimum absolute atomic E-state index is 0.0606. The Morgan fingerprint density at radius 1 is 1.45 bits per heavy atom. The van der Waals surface area contributed by atoms with E-state index in [1.165, 1.54) is 19.2 Å². The average molecular weight is 281 g/mol. The molecule has 0 bridgehead atoms. The number of hydrogen-bond acceptors (Lipinski definition) is 3. The molecule has 0 aliphatic heterocycles. The molecule has 0 saturated heterocycles. The van der Waals surface area contributed by atoms with Crippen LogP contribution in [-0.2, 0) is 4.79 Å². The molecule has 0 spiro atoms. The number of carbonyl (C=O) groups is 2. The molecule has 108 valence electrons. The summed E-state index contributed by atoms with van der Waals surface area (Å²) in [5, 5.41) is 11.6. The van der Waals surface area contributed by atoms with E-state index >= 15 is 0 Å². The second-order valence-corrected chi connectivity index (χ2v) is 5.01. The van der Waals surface area contributed by atoms with E-state index in [4.69, 9.17) is 9.84 Å². The number of halogens is 1. The van der Waals surface area contributed by atoms with Gasteiger partial charge in [0.2, 0.25) is 0 Å². The molecule has 0 unspecified atom stereocenters. The Morgan fingerprint density at radius 2 is 2.15 bits per heavy atom. The van der Waals surface area contributed by atoms with Crippen molar-refractivity contribution in [1.82, 2.24) is 5.32 Å². The Balaban J connectivity index is 2.11. The molecule has 1 aliphatic carbocycles. The Kier molecular flexibility index (Phi) is 3.92. The van der Waals surface area contributed by atoms with Crippen LogP contribution in [0.5, 0.6) is 5.75 Å². The monoisotopic (exact) mass is 281 g/mol. The number of carboxylic acid groups (broad SMARTS) is 1. The molecule has 1 saturated carbocycles.